The number of rotatable bonds is 32. The predicted molar refractivity (Wildman–Crippen MR) is 571 cm³/mol. The second kappa shape index (κ2) is 42.3. The van der Waals surface area contributed by atoms with E-state index < -0.39 is 47.0 Å². The first kappa shape index (κ1) is 100. The zero-order chi connectivity index (χ0) is 104. The topological polar surface area (TPSA) is 524 Å². The number of carbonyl (C=O) groups excluding carboxylic acids is 4. The first-order valence-corrected chi connectivity index (χ1v) is 50.0. The molecule has 147 heavy (non-hydrogen) atoms. The maximum Gasteiger partial charge on any atom is 0.346 e. The van der Waals surface area contributed by atoms with E-state index in [1.165, 1.54) is 14.2 Å². The minimum atomic E-state index is -1.24. The lowest BCUT2D eigenvalue weighted by Crippen LogP contribution is -2.02. The Morgan fingerprint density at radius 1 is 0.354 bits per heavy atom. The van der Waals surface area contributed by atoms with Gasteiger partial charge >= 0.3 is 23.9 Å². The summed E-state index contributed by atoms with van der Waals surface area (Å²) in [6.45, 7) is 7.55. The lowest BCUT2D eigenvalue weighted by molar-refractivity contribution is 0.0691. The number of aromatic amines is 8. The zero-order valence-corrected chi connectivity index (χ0v) is 83.1. The Morgan fingerprint density at radius 2 is 0.667 bits per heavy atom. The minimum absolute atomic E-state index is 0.00625. The molecule has 0 radical (unpaired) electrons. The number of aliphatic hydroxyl groups excluding tert-OH is 4. The van der Waals surface area contributed by atoms with Gasteiger partial charge in [0.2, 0.25) is 23.1 Å². The van der Waals surface area contributed by atoms with E-state index in [2.05, 4.69) is 39.9 Å². The Morgan fingerprint density at radius 3 is 1.01 bits per heavy atom. The number of hydrogen-bond acceptors (Lipinski definition) is 22. The van der Waals surface area contributed by atoms with Crippen LogP contribution in [-0.4, -0.2) is 189 Å². The van der Waals surface area contributed by atoms with Gasteiger partial charge in [0.1, 0.15) is 73.5 Å². The summed E-state index contributed by atoms with van der Waals surface area (Å²) in [4.78, 5) is 128. The average Bonchev–Trinajstić information content (AvgIpc) is 1.57. The molecule has 1 fully saturated rings. The molecule has 1 unspecified atom stereocenters. The van der Waals surface area contributed by atoms with Gasteiger partial charge in [0.25, 0.3) is 0 Å². The van der Waals surface area contributed by atoms with Crippen LogP contribution in [-0.2, 0) is 25.7 Å². The number of aliphatic hydroxyl groups is 4. The Bertz CT molecular complexity index is 8750. The number of aromatic hydroxyl groups is 4. The highest BCUT2D eigenvalue weighted by molar-refractivity contribution is 7.18. The summed E-state index contributed by atoms with van der Waals surface area (Å²) in [6, 6.07) is 48.2. The first-order valence-electron chi connectivity index (χ1n) is 46.8. The molecule has 0 aliphatic heterocycles. The van der Waals surface area contributed by atoms with Crippen molar-refractivity contribution in [2.75, 3.05) is 40.6 Å². The van der Waals surface area contributed by atoms with Gasteiger partial charge in [-0.25, -0.2) is 19.2 Å². The van der Waals surface area contributed by atoms with Gasteiger partial charge in [0.15, 0.2) is 0 Å². The minimum Gasteiger partial charge on any atom is -0.506 e. The van der Waals surface area contributed by atoms with Crippen molar-refractivity contribution in [2.45, 2.75) is 78.6 Å². The monoisotopic (exact) mass is 2050 g/mol. The number of carboxylic acids is 4. The molecular weight excluding hydrogens is 1950 g/mol. The third-order valence-electron chi connectivity index (χ3n) is 26.4. The van der Waals surface area contributed by atoms with Crippen LogP contribution in [0.5, 0.6) is 34.5 Å². The number of carbonyl (C=O) groups is 8. The zero-order valence-electron chi connectivity index (χ0n) is 79.8. The molecule has 0 saturated heterocycles. The van der Waals surface area contributed by atoms with E-state index in [9.17, 15) is 99.6 Å². The molecule has 20 N–H and O–H groups in total. The lowest BCUT2D eigenvalue weighted by Gasteiger charge is -2.08. The molecule has 1 atom stereocenters. The number of allylic oxidation sites excluding steroid dienone is 3. The SMILES string of the molecule is C/C(=C/Cc1cccc2c(C(=O)c3sc(C(=O)O)c(-c4c(C5CC5)[nH]c5ccccc45)c3O)c[nH]c12)CO.C/C(=C\Cc1cccc2c(C(=O)c3sc(C(=O)O)c(-c4c[nH]c5ccccc45)c3O)c[nH]c12)CO.COc1ccc2[nH]cc(-c3c(C(=O)O)sc(C(=O)c4c[nH]c5c(C/C=C(/C)CO)cccc45)c3O)c2c1.COc1ccc2[nH]cc(-c3c(C(=O)O)sc(C(=O)c4c[nH]c5c(CCC(C)CO)cccc45)c3O)c2c1. The van der Waals surface area contributed by atoms with Crippen molar-refractivity contribution in [1.29, 1.82) is 0 Å². The summed E-state index contributed by atoms with van der Waals surface area (Å²) >= 11 is 3.10. The van der Waals surface area contributed by atoms with E-state index >= 15 is 0 Å². The van der Waals surface area contributed by atoms with Crippen molar-refractivity contribution in [1.82, 2.24) is 39.9 Å². The van der Waals surface area contributed by atoms with Crippen LogP contribution in [0.15, 0.2) is 236 Å². The van der Waals surface area contributed by atoms with Crippen molar-refractivity contribution >= 4 is 180 Å². The van der Waals surface area contributed by atoms with E-state index in [4.69, 9.17) is 9.47 Å². The fourth-order valence-corrected chi connectivity index (χ4v) is 22.5. The number of aryl methyl sites for hydroxylation is 1. The average molecular weight is 2050 g/mol. The number of aromatic nitrogens is 8. The van der Waals surface area contributed by atoms with Gasteiger partial charge in [-0.05, 0) is 148 Å². The highest BCUT2D eigenvalue weighted by Gasteiger charge is 2.39. The number of fused-ring (bicyclic) bond motifs is 8. The van der Waals surface area contributed by atoms with Crippen LogP contribution in [0, 0.1) is 5.92 Å². The van der Waals surface area contributed by atoms with Crippen molar-refractivity contribution in [2.24, 2.45) is 5.92 Å². The highest BCUT2D eigenvalue weighted by Crippen LogP contribution is 2.55. The van der Waals surface area contributed by atoms with Crippen LogP contribution in [0.25, 0.3) is 132 Å². The summed E-state index contributed by atoms with van der Waals surface area (Å²) in [6.07, 6.45) is 22.3. The lowest BCUT2D eigenvalue weighted by atomic mass is 9.97. The third kappa shape index (κ3) is 19.3. The fourth-order valence-electron chi connectivity index (χ4n) is 18.5. The Hall–Kier alpha value is -16.7. The number of nitrogens with one attached hydrogen (secondary N) is 8. The second-order valence-electron chi connectivity index (χ2n) is 35.9. The van der Waals surface area contributed by atoms with E-state index in [1.807, 2.05) is 161 Å². The second-order valence-corrected chi connectivity index (χ2v) is 40.0. The van der Waals surface area contributed by atoms with Crippen LogP contribution in [0.2, 0.25) is 0 Å². The number of aromatic carboxylic acids is 4. The van der Waals surface area contributed by atoms with Gasteiger partial charge in [-0.2, -0.15) is 0 Å². The number of hydrogen-bond donors (Lipinski definition) is 20. The summed E-state index contributed by atoms with van der Waals surface area (Å²) in [7, 11) is 3.07. The molecule has 12 heterocycles. The van der Waals surface area contributed by atoms with Gasteiger partial charge in [-0.3, -0.25) is 19.2 Å². The van der Waals surface area contributed by atoms with Crippen molar-refractivity contribution in [3.8, 4) is 79.0 Å². The van der Waals surface area contributed by atoms with Crippen LogP contribution < -0.4 is 9.47 Å². The number of methoxy groups -OCH3 is 2. The number of H-pyrrole nitrogens is 8. The van der Waals surface area contributed by atoms with Gasteiger partial charge in [0.05, 0.1) is 56.3 Å². The number of thiophene rings is 4. The van der Waals surface area contributed by atoms with Crippen molar-refractivity contribution < 1.29 is 109 Å². The molecular formula is C113H98N8O22S4. The van der Waals surface area contributed by atoms with E-state index in [-0.39, 0.29) is 123 Å². The molecule has 1 saturated carbocycles. The molecule has 21 rings (SSSR count). The van der Waals surface area contributed by atoms with Gasteiger partial charge in [0, 0.05) is 187 Å². The maximum atomic E-state index is 13.8. The summed E-state index contributed by atoms with van der Waals surface area (Å²) in [5.74, 6) is -6.45. The van der Waals surface area contributed by atoms with Crippen LogP contribution in [0.1, 0.15) is 180 Å². The summed E-state index contributed by atoms with van der Waals surface area (Å²) in [5, 5.41) is 128. The molecule has 8 aromatic carbocycles. The predicted octanol–water partition coefficient (Wildman–Crippen LogP) is 22.9. The smallest absolute Gasteiger partial charge is 0.346 e. The maximum absolute atomic E-state index is 13.8. The largest absolute Gasteiger partial charge is 0.506 e. The van der Waals surface area contributed by atoms with Crippen LogP contribution >= 0.6 is 45.3 Å². The standard InChI is InChI=1S/C30H26N2O5S.C28H26N2O6S.C28H24N2O6S.C27H22N2O5S/c1-15(14-33)9-10-16-5-4-7-18-20(13-31-24(16)18)26(34)29-27(35)23(28(38-29)30(36)37)22-19-6-2-3-8-21(19)32-25(22)17-11-12-17;2*1-14(13-31)6-7-15-4-3-5-17-20(12-30-23(15)17)24(32)27-25(33)22(26(37-27)28(34)35)19-11-29-21-9-8-16(36-2)10-18(19)21;1-14(13-30)9-10-15-5-4-7-17-19(12-29-22(15)17)23(31)26-24(32)21(25(35-26)27(33)34)18-11-28-20-8-3-2-6-16(18)20/h2-9,13,17,31-33,35H,10-12,14H2,1H3,(H,36,37);3-5,8-12,14,29-31,33H,6-7,13H2,1-2H3,(H,34,35);3-6,8-12,29-31,33H,7,13H2,1-2H3,(H,34,35);2-9,11-12,28-30,32H,10,13H2,1H3,(H,33,34)/b15-9-;;14-6-;14-9+. The van der Waals surface area contributed by atoms with E-state index in [0.717, 1.165) is 171 Å². The number of carboxylic acid groups (broad SMARTS) is 4. The molecule has 1 aliphatic rings. The quantitative estimate of drug-likeness (QED) is 0.0137. The molecule has 1 aliphatic carbocycles. The molecule has 0 amide bonds. The first-order chi connectivity index (χ1) is 71.0. The normalized spacial score (nSPS) is 12.6. The molecule has 0 bridgehead atoms. The molecule has 746 valence electrons. The molecule has 34 heteroatoms. The molecule has 0 spiro atoms. The Kier molecular flexibility index (Phi) is 28.9. The van der Waals surface area contributed by atoms with Crippen molar-refractivity contribution in [3.63, 3.8) is 0 Å². The summed E-state index contributed by atoms with van der Waals surface area (Å²) < 4.78 is 10.6. The van der Waals surface area contributed by atoms with Gasteiger partial charge in [-0.15, -0.1) is 45.3 Å². The fraction of sp³-hybridized carbons (Fsp3) is 0.168. The van der Waals surface area contributed by atoms with E-state index in [0.29, 0.717) is 108 Å². The number of benzene rings is 8. The van der Waals surface area contributed by atoms with Crippen molar-refractivity contribution in [3.05, 3.63) is 325 Å². The van der Waals surface area contributed by atoms with Crippen LogP contribution in [0.4, 0.5) is 0 Å². The third-order valence-corrected chi connectivity index (χ3v) is 31.1. The highest BCUT2D eigenvalue weighted by atomic mass is 32.1. The number of para-hydroxylation sites is 6. The Labute approximate surface area is 852 Å². The van der Waals surface area contributed by atoms with Crippen LogP contribution in [0.3, 0.4) is 0 Å². The molecule has 12 aromatic heterocycles. The molecule has 20 aromatic rings. The summed E-state index contributed by atoms with van der Waals surface area (Å²) in [5.41, 5.74) is 17.7. The van der Waals surface area contributed by atoms with Gasteiger partial charge < -0.3 is 111 Å². The molecule has 30 nitrogen and oxygen atoms in total. The Balaban J connectivity index is 0.000000128. The van der Waals surface area contributed by atoms with E-state index in [1.54, 1.807) is 85.8 Å². The number of ketones is 4. The van der Waals surface area contributed by atoms with Gasteiger partial charge in [-0.1, -0.05) is 151 Å². The number of ether oxygens (including phenoxy) is 2.